The average Bonchev–Trinajstić information content (AvgIpc) is 2.92. The van der Waals surface area contributed by atoms with Gasteiger partial charge in [0.2, 0.25) is 0 Å². The van der Waals surface area contributed by atoms with Crippen molar-refractivity contribution in [2.45, 2.75) is 115 Å². The quantitative estimate of drug-likeness (QED) is 0.218. The van der Waals surface area contributed by atoms with Crippen LogP contribution in [0.3, 0.4) is 0 Å². The second-order valence-electron chi connectivity index (χ2n) is 16.1. The number of nitrogens with one attached hydrogen (secondary N) is 2. The Bertz CT molecular complexity index is 1640. The Labute approximate surface area is 273 Å². The van der Waals surface area contributed by atoms with Gasteiger partial charge in [0, 0.05) is 58.6 Å². The fourth-order valence-electron chi connectivity index (χ4n) is 8.52. The van der Waals surface area contributed by atoms with Crippen molar-refractivity contribution < 1.29 is 19.1 Å². The lowest BCUT2D eigenvalue weighted by Gasteiger charge is -2.46. The number of carbonyl (C=O) groups is 2. The van der Waals surface area contributed by atoms with Crippen LogP contribution < -0.4 is 10.6 Å². The van der Waals surface area contributed by atoms with Crippen molar-refractivity contribution in [2.75, 3.05) is 0 Å². The molecule has 0 amide bonds. The third-order valence-electron chi connectivity index (χ3n) is 9.39. The minimum atomic E-state index is -0.326. The molecule has 2 saturated heterocycles. The maximum Gasteiger partial charge on any atom is 0.339 e. The van der Waals surface area contributed by atoms with E-state index in [1.165, 1.54) is 0 Å². The molecule has 0 saturated carbocycles. The lowest BCUT2D eigenvalue weighted by atomic mass is 9.81. The van der Waals surface area contributed by atoms with E-state index in [-0.39, 0.29) is 46.3 Å². The van der Waals surface area contributed by atoms with Crippen LogP contribution in [0.4, 0.5) is 0 Å². The largest absolute Gasteiger partial charge is 0.459 e. The van der Waals surface area contributed by atoms with Crippen molar-refractivity contribution >= 4 is 33.5 Å². The number of esters is 2. The molecule has 242 valence electrons. The van der Waals surface area contributed by atoms with Gasteiger partial charge in [-0.1, -0.05) is 60.7 Å². The highest BCUT2D eigenvalue weighted by molar-refractivity contribution is 6.17. The molecule has 0 bridgehead atoms. The molecule has 0 radical (unpaired) electrons. The van der Waals surface area contributed by atoms with Crippen LogP contribution in [-0.2, 0) is 9.47 Å². The zero-order valence-corrected chi connectivity index (χ0v) is 28.5. The van der Waals surface area contributed by atoms with Crippen LogP contribution in [0, 0.1) is 0 Å². The average molecular weight is 621 g/mol. The molecule has 0 unspecified atom stereocenters. The van der Waals surface area contributed by atoms with Crippen LogP contribution in [0.2, 0.25) is 0 Å². The summed E-state index contributed by atoms with van der Waals surface area (Å²) >= 11 is 0. The van der Waals surface area contributed by atoms with E-state index in [4.69, 9.17) is 9.47 Å². The zero-order valence-electron chi connectivity index (χ0n) is 28.5. The van der Waals surface area contributed by atoms with E-state index >= 15 is 0 Å². The van der Waals surface area contributed by atoms with Gasteiger partial charge in [0.15, 0.2) is 0 Å². The highest BCUT2D eigenvalue weighted by atomic mass is 16.5. The Morgan fingerprint density at radius 1 is 0.522 bits per heavy atom. The molecule has 0 aliphatic carbocycles. The van der Waals surface area contributed by atoms with Gasteiger partial charge in [0.1, 0.15) is 12.2 Å². The number of fused-ring (bicyclic) bond motifs is 2. The summed E-state index contributed by atoms with van der Waals surface area (Å²) in [6, 6.07) is 23.7. The topological polar surface area (TPSA) is 76.7 Å². The second kappa shape index (κ2) is 11.5. The van der Waals surface area contributed by atoms with Crippen molar-refractivity contribution in [2.24, 2.45) is 0 Å². The van der Waals surface area contributed by atoms with E-state index < -0.39 is 0 Å². The summed E-state index contributed by atoms with van der Waals surface area (Å²) in [7, 11) is 0. The number of benzene rings is 4. The summed E-state index contributed by atoms with van der Waals surface area (Å²) in [4.78, 5) is 28.0. The van der Waals surface area contributed by atoms with Crippen LogP contribution >= 0.6 is 0 Å². The molecule has 6 rings (SSSR count). The van der Waals surface area contributed by atoms with Gasteiger partial charge in [-0.3, -0.25) is 0 Å². The molecule has 0 spiro atoms. The zero-order chi connectivity index (χ0) is 33.1. The fourth-order valence-corrected chi connectivity index (χ4v) is 8.52. The predicted molar refractivity (Wildman–Crippen MR) is 186 cm³/mol. The normalized spacial score (nSPS) is 20.8. The van der Waals surface area contributed by atoms with Crippen LogP contribution in [0.15, 0.2) is 72.8 Å². The molecule has 6 nitrogen and oxygen atoms in total. The van der Waals surface area contributed by atoms with Gasteiger partial charge >= 0.3 is 11.9 Å². The number of ether oxygens (including phenoxy) is 2. The first kappa shape index (κ1) is 32.2. The molecule has 2 fully saturated rings. The number of hydrogen-bond donors (Lipinski definition) is 2. The third-order valence-corrected chi connectivity index (χ3v) is 9.39. The molecule has 0 aromatic heterocycles. The standard InChI is InChI=1S/C40H48N2O4/c1-37(2)21-27(22-38(3,4)41-37)45-35(43)31-19-11-15-25-13-9-17-29(33(25)31)30-18-10-14-26-16-12-20-32(34(26)30)36(44)46-28-23-39(5,6)42-40(7,8)24-28/h9-20,27-28,41-42H,21-24H2,1-8H3. The first-order valence-corrected chi connectivity index (χ1v) is 16.6. The highest BCUT2D eigenvalue weighted by Gasteiger charge is 2.41. The molecule has 46 heavy (non-hydrogen) atoms. The summed E-state index contributed by atoms with van der Waals surface area (Å²) < 4.78 is 12.5. The molecule has 2 N–H and O–H groups in total. The van der Waals surface area contributed by atoms with Crippen LogP contribution in [0.5, 0.6) is 0 Å². The Morgan fingerprint density at radius 3 is 1.15 bits per heavy atom. The van der Waals surface area contributed by atoms with Crippen molar-refractivity contribution in [1.82, 2.24) is 10.6 Å². The molecule has 4 aromatic rings. The van der Waals surface area contributed by atoms with Crippen molar-refractivity contribution in [1.29, 1.82) is 0 Å². The smallest absolute Gasteiger partial charge is 0.339 e. The van der Waals surface area contributed by atoms with Crippen molar-refractivity contribution in [3.8, 4) is 11.1 Å². The fraction of sp³-hybridized carbons (Fsp3) is 0.450. The Balaban J connectivity index is 1.41. The summed E-state index contributed by atoms with van der Waals surface area (Å²) in [6.07, 6.45) is 2.54. The van der Waals surface area contributed by atoms with Crippen LogP contribution in [0.25, 0.3) is 32.7 Å². The Hall–Kier alpha value is -3.74. The summed E-state index contributed by atoms with van der Waals surface area (Å²) in [5.74, 6) is -0.653. The minimum absolute atomic E-state index is 0.149. The molecular formula is C40H48N2O4. The van der Waals surface area contributed by atoms with E-state index in [0.717, 1.165) is 58.4 Å². The van der Waals surface area contributed by atoms with Gasteiger partial charge in [0.25, 0.3) is 0 Å². The van der Waals surface area contributed by atoms with Crippen LogP contribution in [-0.4, -0.2) is 46.3 Å². The molecule has 6 heteroatoms. The van der Waals surface area contributed by atoms with Gasteiger partial charge in [0.05, 0.1) is 11.1 Å². The number of hydrogen-bond acceptors (Lipinski definition) is 6. The molecule has 2 aliphatic rings. The summed E-state index contributed by atoms with van der Waals surface area (Å²) in [5.41, 5.74) is 2.22. The molecule has 4 aromatic carbocycles. The van der Waals surface area contributed by atoms with Gasteiger partial charge in [-0.2, -0.15) is 0 Å². The number of rotatable bonds is 5. The van der Waals surface area contributed by atoms with E-state index in [0.29, 0.717) is 11.1 Å². The monoisotopic (exact) mass is 620 g/mol. The van der Waals surface area contributed by atoms with Crippen molar-refractivity contribution in [3.05, 3.63) is 83.9 Å². The van der Waals surface area contributed by atoms with Crippen LogP contribution in [0.1, 0.15) is 102 Å². The first-order chi connectivity index (χ1) is 21.5. The minimum Gasteiger partial charge on any atom is -0.459 e. The maximum atomic E-state index is 14.0. The predicted octanol–water partition coefficient (Wildman–Crippen LogP) is 8.59. The number of piperidine rings is 2. The van der Waals surface area contributed by atoms with Crippen molar-refractivity contribution in [3.63, 3.8) is 0 Å². The molecule has 2 heterocycles. The van der Waals surface area contributed by atoms with Gasteiger partial charge in [-0.25, -0.2) is 9.59 Å². The highest BCUT2D eigenvalue weighted by Crippen LogP contribution is 2.39. The maximum absolute atomic E-state index is 14.0. The van der Waals surface area contributed by atoms with E-state index in [9.17, 15) is 9.59 Å². The van der Waals surface area contributed by atoms with Gasteiger partial charge < -0.3 is 20.1 Å². The Morgan fingerprint density at radius 2 is 0.826 bits per heavy atom. The lowest BCUT2D eigenvalue weighted by molar-refractivity contribution is -0.00749. The first-order valence-electron chi connectivity index (χ1n) is 16.6. The van der Waals surface area contributed by atoms with Gasteiger partial charge in [-0.05, 0) is 89.4 Å². The molecular weight excluding hydrogens is 572 g/mol. The lowest BCUT2D eigenvalue weighted by Crippen LogP contribution is -2.59. The molecule has 0 atom stereocenters. The third kappa shape index (κ3) is 6.70. The molecule has 2 aliphatic heterocycles. The Kier molecular flexibility index (Phi) is 8.05. The number of carbonyl (C=O) groups excluding carboxylic acids is 2. The van der Waals surface area contributed by atoms with E-state index in [1.807, 2.05) is 72.8 Å². The summed E-state index contributed by atoms with van der Waals surface area (Å²) in [5, 5.41) is 10.9. The second-order valence-corrected chi connectivity index (χ2v) is 16.1. The summed E-state index contributed by atoms with van der Waals surface area (Å²) in [6.45, 7) is 17.2. The van der Waals surface area contributed by atoms with Gasteiger partial charge in [-0.15, -0.1) is 0 Å². The van der Waals surface area contributed by atoms with E-state index in [2.05, 4.69) is 66.0 Å². The van der Waals surface area contributed by atoms with E-state index in [1.54, 1.807) is 0 Å². The SMILES string of the molecule is CC1(C)CC(OC(=O)c2cccc3cccc(-c4cccc5cccc(C(=O)OC6CC(C)(C)NC(C)(C)C6)c45)c23)CC(C)(C)N1.